The molecule has 0 aliphatic carbocycles. The zero-order valence-electron chi connectivity index (χ0n) is 18.2. The fourth-order valence-electron chi connectivity index (χ4n) is 3.54. The molecule has 0 saturated carbocycles. The van der Waals surface area contributed by atoms with Gasteiger partial charge >= 0.3 is 0 Å². The number of aromatic nitrogens is 2. The van der Waals surface area contributed by atoms with Gasteiger partial charge < -0.3 is 15.1 Å². The first-order valence-corrected chi connectivity index (χ1v) is 11.6. The van der Waals surface area contributed by atoms with Gasteiger partial charge in [-0.3, -0.25) is 9.59 Å². The highest BCUT2D eigenvalue weighted by Crippen LogP contribution is 2.22. The smallest absolute Gasteiger partial charge is 0.234 e. The second kappa shape index (κ2) is 10.4. The molecule has 1 aliphatic rings. The molecule has 9 heteroatoms. The van der Waals surface area contributed by atoms with Crippen molar-refractivity contribution in [1.82, 2.24) is 9.97 Å². The quantitative estimate of drug-likeness (QED) is 0.322. The molecule has 1 saturated heterocycles. The van der Waals surface area contributed by atoms with Crippen LogP contribution < -0.4 is 15.1 Å². The van der Waals surface area contributed by atoms with Crippen LogP contribution in [0.15, 0.2) is 66.0 Å². The van der Waals surface area contributed by atoms with Gasteiger partial charge in [0.05, 0.1) is 5.75 Å². The summed E-state index contributed by atoms with van der Waals surface area (Å²) in [5, 5.41) is 3.35. The maximum absolute atomic E-state index is 13.2. The maximum atomic E-state index is 13.2. The topological polar surface area (TPSA) is 78.4 Å². The molecule has 170 valence electrons. The average molecular weight is 466 g/mol. The van der Waals surface area contributed by atoms with E-state index in [4.69, 9.17) is 0 Å². The molecule has 0 radical (unpaired) electrons. The molecule has 2 aromatic carbocycles. The van der Waals surface area contributed by atoms with Crippen molar-refractivity contribution < 1.29 is 14.0 Å². The molecular weight excluding hydrogens is 441 g/mol. The molecule has 3 aromatic rings. The third-order valence-corrected chi connectivity index (χ3v) is 6.18. The summed E-state index contributed by atoms with van der Waals surface area (Å²) >= 11 is 1.27. The van der Waals surface area contributed by atoms with Crippen LogP contribution in [-0.4, -0.2) is 53.6 Å². The van der Waals surface area contributed by atoms with E-state index in [0.717, 1.165) is 37.7 Å². The van der Waals surface area contributed by atoms with Gasteiger partial charge in [-0.1, -0.05) is 11.8 Å². The Kier molecular flexibility index (Phi) is 7.19. The Balaban J connectivity index is 1.28. The Morgan fingerprint density at radius 1 is 0.970 bits per heavy atom. The van der Waals surface area contributed by atoms with E-state index in [1.807, 2.05) is 6.07 Å². The van der Waals surface area contributed by atoms with Crippen LogP contribution in [0.1, 0.15) is 17.3 Å². The van der Waals surface area contributed by atoms with Crippen molar-refractivity contribution in [3.05, 3.63) is 72.2 Å². The first kappa shape index (κ1) is 22.7. The Hall–Kier alpha value is -3.46. The minimum atomic E-state index is -0.233. The maximum Gasteiger partial charge on any atom is 0.234 e. The van der Waals surface area contributed by atoms with E-state index in [1.54, 1.807) is 42.6 Å². The Morgan fingerprint density at radius 3 is 2.30 bits per heavy atom. The fraction of sp³-hybridized carbons (Fsp3) is 0.250. The highest BCUT2D eigenvalue weighted by Gasteiger charge is 2.19. The van der Waals surface area contributed by atoms with Crippen molar-refractivity contribution in [2.45, 2.75) is 12.1 Å². The van der Waals surface area contributed by atoms with Gasteiger partial charge in [0.2, 0.25) is 5.91 Å². The summed E-state index contributed by atoms with van der Waals surface area (Å²) in [5.41, 5.74) is 2.25. The first-order valence-electron chi connectivity index (χ1n) is 10.6. The number of thioether (sulfide) groups is 1. The Morgan fingerprint density at radius 2 is 1.64 bits per heavy atom. The van der Waals surface area contributed by atoms with E-state index in [2.05, 4.69) is 25.1 Å². The molecule has 0 unspecified atom stereocenters. The molecule has 1 aromatic heterocycles. The lowest BCUT2D eigenvalue weighted by molar-refractivity contribution is -0.113. The number of rotatable bonds is 7. The van der Waals surface area contributed by atoms with E-state index in [0.29, 0.717) is 16.4 Å². The van der Waals surface area contributed by atoms with E-state index in [1.165, 1.54) is 30.8 Å². The largest absolute Gasteiger partial charge is 0.368 e. The lowest BCUT2D eigenvalue weighted by Gasteiger charge is -2.36. The summed E-state index contributed by atoms with van der Waals surface area (Å²) in [6.07, 6.45) is 1.70. The molecule has 0 atom stereocenters. The fourth-order valence-corrected chi connectivity index (χ4v) is 4.16. The van der Waals surface area contributed by atoms with Crippen LogP contribution in [0.25, 0.3) is 0 Å². The van der Waals surface area contributed by atoms with Crippen molar-refractivity contribution >= 4 is 40.6 Å². The average Bonchev–Trinajstić information content (AvgIpc) is 2.84. The number of carbonyl (C=O) groups is 2. The van der Waals surface area contributed by atoms with Crippen LogP contribution in [0, 0.1) is 5.82 Å². The van der Waals surface area contributed by atoms with Gasteiger partial charge in [-0.05, 0) is 61.5 Å². The van der Waals surface area contributed by atoms with Crippen LogP contribution in [0.2, 0.25) is 0 Å². The number of nitrogens with zero attached hydrogens (tertiary/aromatic N) is 4. The van der Waals surface area contributed by atoms with Crippen LogP contribution >= 0.6 is 11.8 Å². The monoisotopic (exact) mass is 465 g/mol. The minimum absolute atomic E-state index is 0.0164. The lowest BCUT2D eigenvalue weighted by atomic mass is 10.1. The number of carbonyl (C=O) groups excluding carboxylic acids is 2. The van der Waals surface area contributed by atoms with Gasteiger partial charge in [-0.25, -0.2) is 14.4 Å². The Bertz CT molecular complexity index is 1120. The number of halogens is 1. The predicted octanol–water partition coefficient (Wildman–Crippen LogP) is 3.88. The summed E-state index contributed by atoms with van der Waals surface area (Å²) in [6.45, 7) is 4.69. The number of piperazine rings is 1. The summed E-state index contributed by atoms with van der Waals surface area (Å²) in [7, 11) is 0. The molecule has 0 bridgehead atoms. The minimum Gasteiger partial charge on any atom is -0.368 e. The van der Waals surface area contributed by atoms with Gasteiger partial charge in [0.15, 0.2) is 10.9 Å². The van der Waals surface area contributed by atoms with Gasteiger partial charge in [0, 0.05) is 49.3 Å². The summed E-state index contributed by atoms with van der Waals surface area (Å²) in [4.78, 5) is 36.9. The van der Waals surface area contributed by atoms with E-state index >= 15 is 0 Å². The number of hydrogen-bond acceptors (Lipinski definition) is 7. The van der Waals surface area contributed by atoms with Crippen molar-refractivity contribution in [2.24, 2.45) is 0 Å². The van der Waals surface area contributed by atoms with Crippen LogP contribution in [0.4, 0.5) is 21.6 Å². The normalized spacial score (nSPS) is 13.6. The summed E-state index contributed by atoms with van der Waals surface area (Å²) in [5.74, 6) is 0.584. The predicted molar refractivity (Wildman–Crippen MR) is 129 cm³/mol. The van der Waals surface area contributed by atoms with Crippen molar-refractivity contribution in [1.29, 1.82) is 0 Å². The first-order chi connectivity index (χ1) is 16.0. The van der Waals surface area contributed by atoms with Crippen LogP contribution in [-0.2, 0) is 4.79 Å². The van der Waals surface area contributed by atoms with E-state index in [9.17, 15) is 14.0 Å². The highest BCUT2D eigenvalue weighted by molar-refractivity contribution is 7.99. The molecule has 2 heterocycles. The zero-order valence-corrected chi connectivity index (χ0v) is 19.0. The second-order valence-corrected chi connectivity index (χ2v) is 8.56. The second-order valence-electron chi connectivity index (χ2n) is 7.62. The van der Waals surface area contributed by atoms with Crippen molar-refractivity contribution in [3.63, 3.8) is 0 Å². The van der Waals surface area contributed by atoms with Crippen molar-refractivity contribution in [2.75, 3.05) is 47.0 Å². The van der Waals surface area contributed by atoms with Gasteiger partial charge in [0.25, 0.3) is 0 Å². The standard InChI is InChI=1S/C24H24FN5O2S/c1-17(31)18-2-6-20(7-3-18)27-23(32)16-33-24-26-11-10-22(28-24)30-14-12-29(13-15-30)21-8-4-19(25)5-9-21/h2-11H,12-16H2,1H3,(H,27,32). The molecule has 1 fully saturated rings. The molecule has 1 N–H and O–H groups in total. The molecule has 4 rings (SSSR count). The van der Waals surface area contributed by atoms with Gasteiger partial charge in [0.1, 0.15) is 11.6 Å². The summed E-state index contributed by atoms with van der Waals surface area (Å²) < 4.78 is 13.2. The Labute approximate surface area is 196 Å². The molecule has 1 amide bonds. The SMILES string of the molecule is CC(=O)c1ccc(NC(=O)CSc2nccc(N3CCN(c4ccc(F)cc4)CC3)n2)cc1. The van der Waals surface area contributed by atoms with Gasteiger partial charge in [-0.15, -0.1) is 0 Å². The molecule has 0 spiro atoms. The van der Waals surface area contributed by atoms with E-state index < -0.39 is 0 Å². The molecule has 7 nitrogen and oxygen atoms in total. The molecule has 33 heavy (non-hydrogen) atoms. The number of amides is 1. The van der Waals surface area contributed by atoms with Gasteiger partial charge in [-0.2, -0.15) is 0 Å². The number of anilines is 3. The van der Waals surface area contributed by atoms with Crippen LogP contribution in [0.3, 0.4) is 0 Å². The number of Topliss-reactive ketones (excluding diaryl/α,β-unsaturated/α-hetero) is 1. The number of hydrogen-bond donors (Lipinski definition) is 1. The van der Waals surface area contributed by atoms with E-state index in [-0.39, 0.29) is 23.3 Å². The number of nitrogens with one attached hydrogen (secondary N) is 1. The van der Waals surface area contributed by atoms with Crippen molar-refractivity contribution in [3.8, 4) is 0 Å². The lowest BCUT2D eigenvalue weighted by Crippen LogP contribution is -2.46. The zero-order chi connectivity index (χ0) is 23.2. The number of benzene rings is 2. The number of ketones is 1. The molecule has 1 aliphatic heterocycles. The third kappa shape index (κ3) is 6.07. The van der Waals surface area contributed by atoms with Crippen LogP contribution in [0.5, 0.6) is 0 Å². The highest BCUT2D eigenvalue weighted by atomic mass is 32.2. The molecular formula is C24H24FN5O2S. The summed E-state index contributed by atoms with van der Waals surface area (Å²) in [6, 6.07) is 15.2. The third-order valence-electron chi connectivity index (χ3n) is 5.32.